The fraction of sp³-hybridized carbons (Fsp3) is 0.533. The first-order valence-corrected chi connectivity index (χ1v) is 18.2. The number of Topliss-reactive ketones (excluding diaryl/α,β-unsaturated/α-hetero) is 1. The molecule has 250 valence electrons. The number of piperidine rings is 4. The van der Waals surface area contributed by atoms with Crippen molar-refractivity contribution in [3.8, 4) is 0 Å². The first-order chi connectivity index (χ1) is 20.9. The molecule has 4 aliphatic heterocycles. The maximum Gasteiger partial charge on any atom is 0.243 e. The van der Waals surface area contributed by atoms with Gasteiger partial charge in [-0.15, -0.1) is 0 Å². The fourth-order valence-electron chi connectivity index (χ4n) is 6.61. The van der Waals surface area contributed by atoms with Gasteiger partial charge in [-0.3, -0.25) is 4.79 Å². The molecule has 4 fully saturated rings. The van der Waals surface area contributed by atoms with Crippen molar-refractivity contribution < 1.29 is 32.0 Å². The first kappa shape index (κ1) is 37.4. The van der Waals surface area contributed by atoms with E-state index in [0.29, 0.717) is 41.4 Å². The van der Waals surface area contributed by atoms with Crippen molar-refractivity contribution in [1.82, 2.24) is 14.1 Å². The quantitative estimate of drug-likeness (QED) is 0.269. The van der Waals surface area contributed by atoms with Gasteiger partial charge in [0.15, 0.2) is 0 Å². The van der Waals surface area contributed by atoms with E-state index in [1.165, 1.54) is 19.2 Å². The lowest BCUT2D eigenvalue weighted by molar-refractivity contribution is -0.124. The van der Waals surface area contributed by atoms with E-state index in [9.17, 15) is 21.6 Å². The maximum atomic E-state index is 12.9. The largest absolute Gasteiger partial charge is 0.411 e. The van der Waals surface area contributed by atoms with Crippen LogP contribution in [0.2, 0.25) is 10.0 Å². The van der Waals surface area contributed by atoms with E-state index in [1.54, 1.807) is 50.5 Å². The predicted octanol–water partition coefficient (Wildman–Crippen LogP) is 5.72. The molecule has 4 saturated heterocycles. The number of hydroxylamine groups is 1. The number of hydrogen-bond donors (Lipinski definition) is 3. The molecule has 15 heteroatoms. The van der Waals surface area contributed by atoms with Gasteiger partial charge in [0.25, 0.3) is 0 Å². The summed E-state index contributed by atoms with van der Waals surface area (Å²) in [7, 11) is -5.64. The van der Waals surface area contributed by atoms with Crippen LogP contribution < -0.4 is 5.48 Å². The molecule has 45 heavy (non-hydrogen) atoms. The Morgan fingerprint density at radius 1 is 0.711 bits per heavy atom. The van der Waals surface area contributed by atoms with Crippen LogP contribution in [0.4, 0.5) is 0 Å². The number of hydrogen-bond acceptors (Lipinski definition) is 9. The smallest absolute Gasteiger partial charge is 0.243 e. The number of carbonyl (C=O) groups is 1. The van der Waals surface area contributed by atoms with Gasteiger partial charge in [-0.2, -0.15) is 8.61 Å². The number of benzene rings is 2. The van der Waals surface area contributed by atoms with Crippen molar-refractivity contribution in [3.05, 3.63) is 58.6 Å². The van der Waals surface area contributed by atoms with Crippen LogP contribution in [0.1, 0.15) is 71.6 Å². The van der Waals surface area contributed by atoms with Crippen molar-refractivity contribution >= 4 is 54.7 Å². The average molecular weight is 706 g/mol. The highest BCUT2D eigenvalue weighted by Crippen LogP contribution is 2.38. The van der Waals surface area contributed by atoms with Gasteiger partial charge >= 0.3 is 0 Å². The minimum absolute atomic E-state index is 0. The van der Waals surface area contributed by atoms with E-state index in [2.05, 4.69) is 5.16 Å². The topological polar surface area (TPSA) is 157 Å². The Balaban J connectivity index is 0.000000222. The maximum absolute atomic E-state index is 12.9. The molecular weight excluding hydrogens is 663 g/mol. The molecule has 4 aliphatic rings. The molecule has 0 saturated carbocycles. The van der Waals surface area contributed by atoms with Crippen LogP contribution in [0, 0.1) is 0 Å². The molecule has 0 radical (unpaired) electrons. The van der Waals surface area contributed by atoms with Crippen LogP contribution in [0.3, 0.4) is 0 Å². The van der Waals surface area contributed by atoms with Gasteiger partial charge in [0.2, 0.25) is 20.0 Å². The van der Waals surface area contributed by atoms with Gasteiger partial charge in [-0.25, -0.2) is 22.3 Å². The Labute approximate surface area is 276 Å². The zero-order valence-electron chi connectivity index (χ0n) is 24.3. The van der Waals surface area contributed by atoms with Crippen LogP contribution in [0.5, 0.6) is 0 Å². The average Bonchev–Trinajstić information content (AvgIpc) is 2.97. The second kappa shape index (κ2) is 16.1. The summed E-state index contributed by atoms with van der Waals surface area (Å²) in [6.45, 7) is 0. The van der Waals surface area contributed by atoms with Crippen LogP contribution in [-0.4, -0.2) is 78.6 Å². The molecule has 0 amide bonds. The molecule has 0 spiro atoms. The summed E-state index contributed by atoms with van der Waals surface area (Å²) in [5.74, 6) is 0.183. The Hall–Kier alpha value is -2.10. The highest BCUT2D eigenvalue weighted by molar-refractivity contribution is 7.89. The van der Waals surface area contributed by atoms with Gasteiger partial charge in [0.1, 0.15) is 5.78 Å². The third-order valence-electron chi connectivity index (χ3n) is 8.38. The zero-order chi connectivity index (χ0) is 32.1. The Kier molecular flexibility index (Phi) is 13.4. The van der Waals surface area contributed by atoms with Crippen LogP contribution in [0.15, 0.2) is 63.5 Å². The summed E-state index contributed by atoms with van der Waals surface area (Å²) in [6, 6.07) is 11.9. The van der Waals surface area contributed by atoms with Crippen LogP contribution in [-0.2, 0) is 24.8 Å². The lowest BCUT2D eigenvalue weighted by atomic mass is 9.86. The highest BCUT2D eigenvalue weighted by atomic mass is 35.5. The third kappa shape index (κ3) is 8.63. The second-order valence-corrected chi connectivity index (χ2v) is 15.9. The van der Waals surface area contributed by atoms with Crippen LogP contribution in [0.25, 0.3) is 0 Å². The summed E-state index contributed by atoms with van der Waals surface area (Å²) in [5, 5.41) is 20.6. The SMILES string of the molecule is C.CNO.O=C1CC2CCCC(C1)N2S(=O)(=O)c1ccc(Cl)cc1.O=S(=O)(c1ccc(Cl)cc1)N1C2CCCC1CC(=NO)C2. The molecule has 2 aromatic carbocycles. The van der Waals surface area contributed by atoms with Gasteiger partial charge < -0.3 is 10.4 Å². The number of nitrogens with one attached hydrogen (secondary N) is 1. The second-order valence-electron chi connectivity index (χ2n) is 11.3. The molecule has 4 atom stereocenters. The lowest BCUT2D eigenvalue weighted by Crippen LogP contribution is -2.54. The van der Waals surface area contributed by atoms with E-state index < -0.39 is 20.0 Å². The van der Waals surface area contributed by atoms with Crippen molar-refractivity contribution in [2.45, 2.75) is 106 Å². The normalized spacial score (nSPS) is 25.1. The Bertz CT molecular complexity index is 1510. The summed E-state index contributed by atoms with van der Waals surface area (Å²) >= 11 is 11.6. The Morgan fingerprint density at radius 3 is 1.33 bits per heavy atom. The predicted molar refractivity (Wildman–Crippen MR) is 174 cm³/mol. The van der Waals surface area contributed by atoms with Crippen molar-refractivity contribution in [3.63, 3.8) is 0 Å². The van der Waals surface area contributed by atoms with E-state index in [0.717, 1.165) is 38.5 Å². The highest BCUT2D eigenvalue weighted by Gasteiger charge is 2.45. The molecule has 11 nitrogen and oxygen atoms in total. The standard InChI is InChI=1S/C14H17ClN2O3S.C14H16ClNO3S.CH5NO.CH4/c15-10-4-6-14(7-5-10)21(19,20)17-12-2-1-3-13(17)9-11(8-12)16-18;15-10-4-6-14(7-5-10)20(18,19)16-11-2-1-3-12(16)9-13(17)8-11;1-2-3;/h4-7,12-13,18H,1-3,8-9H2;4-7,11-12H,1-3,8-9H2;2-3H,1H3;1H4. The third-order valence-corrected chi connectivity index (χ3v) is 12.9. The fourth-order valence-corrected chi connectivity index (χ4v) is 10.6. The molecule has 0 aliphatic carbocycles. The number of sulfonamides is 2. The molecule has 3 N–H and O–H groups in total. The monoisotopic (exact) mass is 704 g/mol. The Morgan fingerprint density at radius 2 is 1.02 bits per heavy atom. The van der Waals surface area contributed by atoms with E-state index in [-0.39, 0.29) is 47.2 Å². The number of oxime groups is 1. The van der Waals surface area contributed by atoms with Crippen molar-refractivity contribution in [2.75, 3.05) is 7.05 Å². The number of nitrogens with zero attached hydrogens (tertiary/aromatic N) is 3. The van der Waals surface area contributed by atoms with Crippen LogP contribution >= 0.6 is 23.2 Å². The van der Waals surface area contributed by atoms with Gasteiger partial charge in [0.05, 0.1) is 15.5 Å². The molecule has 2 aromatic rings. The van der Waals surface area contributed by atoms with Crippen molar-refractivity contribution in [2.24, 2.45) is 5.16 Å². The molecule has 0 aromatic heterocycles. The lowest BCUT2D eigenvalue weighted by Gasteiger charge is -2.44. The molecule has 4 unspecified atom stereocenters. The minimum Gasteiger partial charge on any atom is -0.411 e. The van der Waals surface area contributed by atoms with Gasteiger partial charge in [0, 0.05) is 66.9 Å². The first-order valence-electron chi connectivity index (χ1n) is 14.5. The number of carbonyl (C=O) groups excluding carboxylic acids is 1. The molecule has 4 bridgehead atoms. The zero-order valence-corrected chi connectivity index (χ0v) is 27.5. The number of halogens is 2. The van der Waals surface area contributed by atoms with E-state index in [4.69, 9.17) is 33.6 Å². The van der Waals surface area contributed by atoms with E-state index >= 15 is 0 Å². The summed E-state index contributed by atoms with van der Waals surface area (Å²) in [4.78, 5) is 12.2. The van der Waals surface area contributed by atoms with Gasteiger partial charge in [-0.05, 0) is 74.2 Å². The number of fused-ring (bicyclic) bond motifs is 4. The minimum atomic E-state index is -3.54. The molecule has 4 heterocycles. The molecular formula is C30H42Cl2N4O7S2. The number of ketones is 1. The van der Waals surface area contributed by atoms with E-state index in [1.807, 2.05) is 0 Å². The van der Waals surface area contributed by atoms with Gasteiger partial charge in [-0.1, -0.05) is 48.6 Å². The van der Waals surface area contributed by atoms with Crippen molar-refractivity contribution in [1.29, 1.82) is 0 Å². The summed E-state index contributed by atoms with van der Waals surface area (Å²) in [6.07, 6.45) is 6.90. The molecule has 6 rings (SSSR count). The summed E-state index contributed by atoms with van der Waals surface area (Å²) < 4.78 is 54.5. The number of rotatable bonds is 4. The summed E-state index contributed by atoms with van der Waals surface area (Å²) in [5.41, 5.74) is 2.45.